The van der Waals surface area contributed by atoms with Gasteiger partial charge in [-0.15, -0.1) is 0 Å². The molecule has 0 aliphatic carbocycles. The van der Waals surface area contributed by atoms with Gasteiger partial charge in [-0.1, -0.05) is 32.0 Å². The molecule has 1 aromatic rings. The molecule has 20 heavy (non-hydrogen) atoms. The summed E-state index contributed by atoms with van der Waals surface area (Å²) in [4.78, 5) is 0. The fourth-order valence-electron chi connectivity index (χ4n) is 1.90. The normalized spacial score (nSPS) is 15.6. The van der Waals surface area contributed by atoms with Crippen molar-refractivity contribution < 1.29 is 0 Å². The highest BCUT2D eigenvalue weighted by molar-refractivity contribution is 5.41. The lowest BCUT2D eigenvalue weighted by molar-refractivity contribution is 0.297. The van der Waals surface area contributed by atoms with Gasteiger partial charge in [-0.05, 0) is 52.2 Å². The van der Waals surface area contributed by atoms with Crippen LogP contribution >= 0.6 is 0 Å². The van der Waals surface area contributed by atoms with Crippen LogP contribution in [0.1, 0.15) is 48.0 Å². The molecule has 0 spiro atoms. The maximum atomic E-state index is 4.53. The van der Waals surface area contributed by atoms with Crippen LogP contribution in [0, 0.1) is 5.92 Å². The van der Waals surface area contributed by atoms with Crippen LogP contribution in [0.15, 0.2) is 40.6 Å². The second-order valence-corrected chi connectivity index (χ2v) is 6.86. The molecule has 0 heterocycles. The smallest absolute Gasteiger partial charge is 0.145 e. The average molecular weight is 276 g/mol. The van der Waals surface area contributed by atoms with Crippen LogP contribution in [0.3, 0.4) is 0 Å². The van der Waals surface area contributed by atoms with E-state index in [1.807, 2.05) is 30.3 Å². The van der Waals surface area contributed by atoms with E-state index >= 15 is 0 Å². The molecule has 0 amide bonds. The second kappa shape index (κ2) is 6.84. The van der Waals surface area contributed by atoms with Crippen molar-refractivity contribution in [2.75, 3.05) is 5.43 Å². The van der Waals surface area contributed by atoms with Crippen molar-refractivity contribution in [1.82, 2.24) is 5.43 Å². The molecule has 4 nitrogen and oxygen atoms in total. The number of rotatable bonds is 6. The summed E-state index contributed by atoms with van der Waals surface area (Å²) in [6, 6.07) is 10.0. The lowest BCUT2D eigenvalue weighted by atomic mass is 10.0. The lowest BCUT2D eigenvalue weighted by Crippen LogP contribution is -2.45. The van der Waals surface area contributed by atoms with Gasteiger partial charge in [-0.2, -0.15) is 10.2 Å². The molecule has 1 atom stereocenters. The molecule has 0 fully saturated rings. The first-order valence-electron chi connectivity index (χ1n) is 7.22. The van der Waals surface area contributed by atoms with Crippen LogP contribution in [0.5, 0.6) is 0 Å². The number of para-hydroxylation sites is 1. The monoisotopic (exact) mass is 276 g/mol. The standard InChI is InChI=1S/C16H28N4/c1-13(2)12-16(6,20-18-15(3,4)5)19-17-14-10-8-7-9-11-14/h7-11,13,17,19H,12H2,1-6H3/b20-18+. The number of azo groups is 1. The predicted molar refractivity (Wildman–Crippen MR) is 85.7 cm³/mol. The molecule has 4 heteroatoms. The van der Waals surface area contributed by atoms with Crippen LogP contribution in [0.4, 0.5) is 5.69 Å². The molecule has 1 aromatic carbocycles. The zero-order chi connectivity index (χ0) is 15.2. The van der Waals surface area contributed by atoms with Gasteiger partial charge in [0, 0.05) is 5.69 Å². The van der Waals surface area contributed by atoms with E-state index in [9.17, 15) is 0 Å². The molecule has 0 bridgehead atoms. The number of benzene rings is 1. The Bertz CT molecular complexity index is 420. The first-order valence-corrected chi connectivity index (χ1v) is 7.22. The highest BCUT2D eigenvalue weighted by atomic mass is 15.5. The van der Waals surface area contributed by atoms with Gasteiger partial charge in [0.25, 0.3) is 0 Å². The molecule has 1 rings (SSSR count). The quantitative estimate of drug-likeness (QED) is 0.588. The van der Waals surface area contributed by atoms with Crippen molar-refractivity contribution >= 4 is 5.69 Å². The highest BCUT2D eigenvalue weighted by Gasteiger charge is 2.25. The van der Waals surface area contributed by atoms with Crippen molar-refractivity contribution in [2.24, 2.45) is 16.1 Å². The van der Waals surface area contributed by atoms with E-state index in [1.54, 1.807) is 0 Å². The van der Waals surface area contributed by atoms with Gasteiger partial charge in [-0.3, -0.25) is 0 Å². The molecule has 0 aliphatic heterocycles. The molecular formula is C16H28N4. The molecule has 112 valence electrons. The van der Waals surface area contributed by atoms with Gasteiger partial charge in [0.2, 0.25) is 0 Å². The minimum Gasteiger partial charge on any atom is -0.319 e. The maximum Gasteiger partial charge on any atom is 0.145 e. The fourth-order valence-corrected chi connectivity index (χ4v) is 1.90. The summed E-state index contributed by atoms with van der Waals surface area (Å²) in [7, 11) is 0. The van der Waals surface area contributed by atoms with E-state index in [0.717, 1.165) is 12.1 Å². The zero-order valence-corrected chi connectivity index (χ0v) is 13.6. The zero-order valence-electron chi connectivity index (χ0n) is 13.6. The Morgan fingerprint density at radius 2 is 1.60 bits per heavy atom. The Hall–Kier alpha value is -1.42. The molecular weight excluding hydrogens is 248 g/mol. The molecule has 0 saturated carbocycles. The summed E-state index contributed by atoms with van der Waals surface area (Å²) in [5, 5.41) is 8.95. The number of hydrogen-bond donors (Lipinski definition) is 2. The molecule has 2 N–H and O–H groups in total. The SMILES string of the molecule is CC(C)CC(C)(/N=N/C(C)(C)C)NNc1ccccc1. The van der Waals surface area contributed by atoms with Gasteiger partial charge in [0.15, 0.2) is 0 Å². The summed E-state index contributed by atoms with van der Waals surface area (Å²) in [6.07, 6.45) is 0.909. The third-order valence-corrected chi connectivity index (χ3v) is 2.63. The second-order valence-electron chi connectivity index (χ2n) is 6.86. The Balaban J connectivity index is 2.75. The Morgan fingerprint density at radius 3 is 2.10 bits per heavy atom. The van der Waals surface area contributed by atoms with Crippen LogP contribution in [-0.4, -0.2) is 11.2 Å². The van der Waals surface area contributed by atoms with Crippen LogP contribution in [-0.2, 0) is 0 Å². The molecule has 0 radical (unpaired) electrons. The van der Waals surface area contributed by atoms with Gasteiger partial charge < -0.3 is 5.43 Å². The predicted octanol–water partition coefficient (Wildman–Crippen LogP) is 4.62. The number of hydrazine groups is 1. The summed E-state index contributed by atoms with van der Waals surface area (Å²) in [5.74, 6) is 0.531. The molecule has 0 aliphatic rings. The third kappa shape index (κ3) is 6.66. The lowest BCUT2D eigenvalue weighted by Gasteiger charge is -2.29. The summed E-state index contributed by atoms with van der Waals surface area (Å²) < 4.78 is 0. The molecule has 0 aromatic heterocycles. The fraction of sp³-hybridized carbons (Fsp3) is 0.625. The van der Waals surface area contributed by atoms with E-state index in [1.165, 1.54) is 0 Å². The van der Waals surface area contributed by atoms with Crippen LogP contribution in [0.25, 0.3) is 0 Å². The topological polar surface area (TPSA) is 48.8 Å². The van der Waals surface area contributed by atoms with E-state index < -0.39 is 5.66 Å². The van der Waals surface area contributed by atoms with Crippen molar-refractivity contribution in [3.8, 4) is 0 Å². The summed E-state index contributed by atoms with van der Waals surface area (Å²) >= 11 is 0. The van der Waals surface area contributed by atoms with Crippen molar-refractivity contribution in [1.29, 1.82) is 0 Å². The number of hydrogen-bond acceptors (Lipinski definition) is 4. The van der Waals surface area contributed by atoms with Crippen molar-refractivity contribution in [3.63, 3.8) is 0 Å². The largest absolute Gasteiger partial charge is 0.319 e. The first kappa shape index (κ1) is 16.6. The third-order valence-electron chi connectivity index (χ3n) is 2.63. The van der Waals surface area contributed by atoms with E-state index in [4.69, 9.17) is 0 Å². The average Bonchev–Trinajstić information content (AvgIpc) is 2.34. The summed E-state index contributed by atoms with van der Waals surface area (Å²) in [5.41, 5.74) is 6.97. The minimum absolute atomic E-state index is 0.160. The minimum atomic E-state index is -0.419. The highest BCUT2D eigenvalue weighted by Crippen LogP contribution is 2.21. The number of nitrogens with zero attached hydrogens (tertiary/aromatic N) is 2. The summed E-state index contributed by atoms with van der Waals surface area (Å²) in [6.45, 7) is 12.6. The van der Waals surface area contributed by atoms with Crippen LogP contribution < -0.4 is 10.9 Å². The number of anilines is 1. The van der Waals surface area contributed by atoms with Gasteiger partial charge >= 0.3 is 0 Å². The van der Waals surface area contributed by atoms with Gasteiger partial charge in [0.1, 0.15) is 5.66 Å². The Labute approximate surface area is 123 Å². The van der Waals surface area contributed by atoms with Gasteiger partial charge in [0.05, 0.1) is 5.54 Å². The maximum absolute atomic E-state index is 4.53. The van der Waals surface area contributed by atoms with Crippen molar-refractivity contribution in [2.45, 2.75) is 59.2 Å². The van der Waals surface area contributed by atoms with E-state index in [0.29, 0.717) is 5.92 Å². The number of nitrogens with one attached hydrogen (secondary N) is 2. The molecule has 0 saturated heterocycles. The van der Waals surface area contributed by atoms with Crippen molar-refractivity contribution in [3.05, 3.63) is 30.3 Å². The Kier molecular flexibility index (Phi) is 5.69. The van der Waals surface area contributed by atoms with E-state index in [2.05, 4.69) is 62.6 Å². The first-order chi connectivity index (χ1) is 9.20. The Morgan fingerprint density at radius 1 is 1.00 bits per heavy atom. The van der Waals surface area contributed by atoms with Gasteiger partial charge in [-0.25, -0.2) is 5.43 Å². The molecule has 1 unspecified atom stereocenters. The van der Waals surface area contributed by atoms with E-state index in [-0.39, 0.29) is 5.54 Å². The van der Waals surface area contributed by atoms with Crippen LogP contribution in [0.2, 0.25) is 0 Å².